The highest BCUT2D eigenvalue weighted by Gasteiger charge is 2.60. The number of hydrogen-bond acceptors (Lipinski definition) is 5. The molecule has 1 aromatic carbocycles. The Hall–Kier alpha value is -2.21. The SMILES string of the molecule is COC(=O)CCN1C(=O)[C@H](OCc2ccccc2)[C@@H]1[C@]1(C)CCCC1=O. The normalized spacial score (nSPS) is 28.2. The Bertz CT molecular complexity index is 689. The first-order valence-corrected chi connectivity index (χ1v) is 9.03. The summed E-state index contributed by atoms with van der Waals surface area (Å²) < 4.78 is 10.6. The predicted molar refractivity (Wildman–Crippen MR) is 94.1 cm³/mol. The summed E-state index contributed by atoms with van der Waals surface area (Å²) in [6.45, 7) is 2.50. The molecule has 6 heteroatoms. The van der Waals surface area contributed by atoms with Crippen molar-refractivity contribution in [2.24, 2.45) is 5.41 Å². The van der Waals surface area contributed by atoms with Gasteiger partial charge in [-0.3, -0.25) is 14.4 Å². The number of methoxy groups -OCH3 is 1. The summed E-state index contributed by atoms with van der Waals surface area (Å²) in [4.78, 5) is 38.2. The van der Waals surface area contributed by atoms with Crippen molar-refractivity contribution < 1.29 is 23.9 Å². The van der Waals surface area contributed by atoms with E-state index in [4.69, 9.17) is 4.74 Å². The second-order valence-corrected chi connectivity index (χ2v) is 7.21. The van der Waals surface area contributed by atoms with Gasteiger partial charge < -0.3 is 14.4 Å². The van der Waals surface area contributed by atoms with E-state index in [1.165, 1.54) is 7.11 Å². The average Bonchev–Trinajstić information content (AvgIpc) is 2.98. The van der Waals surface area contributed by atoms with Crippen molar-refractivity contribution in [2.45, 2.75) is 51.4 Å². The third-order valence-corrected chi connectivity index (χ3v) is 5.60. The second kappa shape index (κ2) is 7.58. The average molecular weight is 359 g/mol. The van der Waals surface area contributed by atoms with Crippen LogP contribution in [-0.4, -0.2) is 48.4 Å². The molecule has 1 saturated carbocycles. The molecule has 0 aromatic heterocycles. The maximum atomic E-state index is 12.6. The molecule has 1 saturated heterocycles. The number of ketones is 1. The first-order chi connectivity index (χ1) is 12.5. The summed E-state index contributed by atoms with van der Waals surface area (Å²) in [5.74, 6) is -0.352. The number of amides is 1. The highest BCUT2D eigenvalue weighted by Crippen LogP contribution is 2.46. The van der Waals surface area contributed by atoms with E-state index in [1.807, 2.05) is 37.3 Å². The monoisotopic (exact) mass is 359 g/mol. The number of rotatable bonds is 7. The van der Waals surface area contributed by atoms with Crippen LogP contribution in [0.2, 0.25) is 0 Å². The molecule has 2 fully saturated rings. The van der Waals surface area contributed by atoms with E-state index in [-0.39, 0.29) is 36.7 Å². The Labute approximate surface area is 153 Å². The maximum Gasteiger partial charge on any atom is 0.307 e. The minimum atomic E-state index is -0.639. The van der Waals surface area contributed by atoms with Crippen molar-refractivity contribution in [1.82, 2.24) is 4.90 Å². The van der Waals surface area contributed by atoms with Crippen LogP contribution in [0.15, 0.2) is 30.3 Å². The second-order valence-electron chi connectivity index (χ2n) is 7.21. The standard InChI is InChI=1S/C20H25NO5/c1-20(11-6-9-15(20)22)18-17(26-13-14-7-4-3-5-8-14)19(24)21(18)12-10-16(23)25-2/h3-5,7-8,17-18H,6,9-13H2,1-2H3/t17-,18-,20-/m1/s1. The van der Waals surface area contributed by atoms with E-state index in [1.54, 1.807) is 4.90 Å². The molecule has 1 aliphatic heterocycles. The lowest BCUT2D eigenvalue weighted by atomic mass is 9.71. The van der Waals surface area contributed by atoms with Crippen LogP contribution in [0.4, 0.5) is 0 Å². The molecule has 1 aliphatic carbocycles. The molecule has 140 valence electrons. The van der Waals surface area contributed by atoms with Gasteiger partial charge in [-0.25, -0.2) is 0 Å². The minimum Gasteiger partial charge on any atom is -0.469 e. The van der Waals surface area contributed by atoms with Crippen molar-refractivity contribution in [3.05, 3.63) is 35.9 Å². The summed E-state index contributed by atoms with van der Waals surface area (Å²) in [6.07, 6.45) is 1.59. The zero-order chi connectivity index (χ0) is 18.7. The first-order valence-electron chi connectivity index (χ1n) is 9.03. The third kappa shape index (κ3) is 3.38. The largest absolute Gasteiger partial charge is 0.469 e. The number of ether oxygens (including phenoxy) is 2. The molecule has 0 spiro atoms. The molecular formula is C20H25NO5. The molecule has 0 radical (unpaired) electrons. The molecule has 1 amide bonds. The highest BCUT2D eigenvalue weighted by molar-refractivity contribution is 5.95. The van der Waals surface area contributed by atoms with E-state index >= 15 is 0 Å². The van der Waals surface area contributed by atoms with Crippen molar-refractivity contribution in [3.63, 3.8) is 0 Å². The molecule has 1 heterocycles. The third-order valence-electron chi connectivity index (χ3n) is 5.60. The zero-order valence-electron chi connectivity index (χ0n) is 15.3. The fourth-order valence-corrected chi connectivity index (χ4v) is 4.03. The molecule has 0 unspecified atom stereocenters. The summed E-state index contributed by atoms with van der Waals surface area (Å²) in [6, 6.07) is 9.32. The van der Waals surface area contributed by atoms with Crippen molar-refractivity contribution in [2.75, 3.05) is 13.7 Å². The molecule has 6 nitrogen and oxygen atoms in total. The Morgan fingerprint density at radius 1 is 1.27 bits per heavy atom. The van der Waals surface area contributed by atoms with Gasteiger partial charge in [0.25, 0.3) is 5.91 Å². The Morgan fingerprint density at radius 2 is 2.00 bits per heavy atom. The lowest BCUT2D eigenvalue weighted by Crippen LogP contribution is -2.71. The number of β-lactam (4-membered cyclic amide) rings is 1. The number of likely N-dealkylation sites (tertiary alicyclic amines) is 1. The van der Waals surface area contributed by atoms with E-state index in [0.29, 0.717) is 13.0 Å². The van der Waals surface area contributed by atoms with Gasteiger partial charge in [-0.05, 0) is 18.4 Å². The molecule has 0 N–H and O–H groups in total. The van der Waals surface area contributed by atoms with Crippen LogP contribution in [0.5, 0.6) is 0 Å². The lowest BCUT2D eigenvalue weighted by molar-refractivity contribution is -0.189. The van der Waals surface area contributed by atoms with Crippen molar-refractivity contribution in [3.8, 4) is 0 Å². The van der Waals surface area contributed by atoms with Crippen LogP contribution in [-0.2, 0) is 30.5 Å². The van der Waals surface area contributed by atoms with Crippen LogP contribution in [0.25, 0.3) is 0 Å². The number of hydrogen-bond donors (Lipinski definition) is 0. The van der Waals surface area contributed by atoms with Gasteiger partial charge in [0.15, 0.2) is 6.10 Å². The van der Waals surface area contributed by atoms with Crippen LogP contribution in [0.1, 0.15) is 38.2 Å². The van der Waals surface area contributed by atoms with Gasteiger partial charge in [0, 0.05) is 18.4 Å². The van der Waals surface area contributed by atoms with Gasteiger partial charge in [-0.15, -0.1) is 0 Å². The van der Waals surface area contributed by atoms with Gasteiger partial charge in [0.2, 0.25) is 0 Å². The summed E-state index contributed by atoms with van der Waals surface area (Å²) in [7, 11) is 1.32. The summed E-state index contributed by atoms with van der Waals surface area (Å²) >= 11 is 0. The Kier molecular flexibility index (Phi) is 5.41. The molecular weight excluding hydrogens is 334 g/mol. The van der Waals surface area contributed by atoms with Gasteiger partial charge in [0.1, 0.15) is 5.78 Å². The highest BCUT2D eigenvalue weighted by atomic mass is 16.5. The maximum absolute atomic E-state index is 12.6. The number of carbonyl (C=O) groups is 3. The smallest absolute Gasteiger partial charge is 0.307 e. The number of carbonyl (C=O) groups excluding carboxylic acids is 3. The van der Waals surface area contributed by atoms with Gasteiger partial charge in [-0.2, -0.15) is 0 Å². The molecule has 2 aliphatic rings. The lowest BCUT2D eigenvalue weighted by Gasteiger charge is -2.53. The van der Waals surface area contributed by atoms with E-state index < -0.39 is 11.5 Å². The fraction of sp³-hybridized carbons (Fsp3) is 0.550. The molecule has 1 aromatic rings. The van der Waals surface area contributed by atoms with Gasteiger partial charge in [0.05, 0.1) is 26.2 Å². The zero-order valence-corrected chi connectivity index (χ0v) is 15.3. The fourth-order valence-electron chi connectivity index (χ4n) is 4.03. The van der Waals surface area contributed by atoms with Crippen molar-refractivity contribution in [1.29, 1.82) is 0 Å². The number of nitrogens with zero attached hydrogens (tertiary/aromatic N) is 1. The van der Waals surface area contributed by atoms with E-state index in [9.17, 15) is 14.4 Å². The molecule has 26 heavy (non-hydrogen) atoms. The van der Waals surface area contributed by atoms with Gasteiger partial charge in [-0.1, -0.05) is 37.3 Å². The van der Waals surface area contributed by atoms with E-state index in [0.717, 1.165) is 18.4 Å². The molecule has 0 bridgehead atoms. The van der Waals surface area contributed by atoms with Crippen molar-refractivity contribution >= 4 is 17.7 Å². The van der Waals surface area contributed by atoms with Crippen LogP contribution >= 0.6 is 0 Å². The van der Waals surface area contributed by atoms with Crippen LogP contribution < -0.4 is 0 Å². The Morgan fingerprint density at radius 3 is 2.62 bits per heavy atom. The first kappa shape index (κ1) is 18.6. The van der Waals surface area contributed by atoms with Gasteiger partial charge >= 0.3 is 5.97 Å². The quantitative estimate of drug-likeness (QED) is 0.551. The number of esters is 1. The molecule has 3 rings (SSSR count). The van der Waals surface area contributed by atoms with Crippen LogP contribution in [0, 0.1) is 5.41 Å². The van der Waals surface area contributed by atoms with Crippen LogP contribution in [0.3, 0.4) is 0 Å². The number of benzene rings is 1. The number of Topliss-reactive ketones (excluding diaryl/α,β-unsaturated/α-hetero) is 1. The minimum absolute atomic E-state index is 0.119. The summed E-state index contributed by atoms with van der Waals surface area (Å²) in [5, 5.41) is 0. The Balaban J connectivity index is 1.73. The molecule has 3 atom stereocenters. The topological polar surface area (TPSA) is 72.9 Å². The van der Waals surface area contributed by atoms with E-state index in [2.05, 4.69) is 4.74 Å². The summed E-state index contributed by atoms with van der Waals surface area (Å²) in [5.41, 5.74) is 0.376. The predicted octanol–water partition coefficient (Wildman–Crippen LogP) is 2.10.